The average molecular weight is 244 g/mol. The molecular weight excluding hydrogens is 233 g/mol. The molecule has 0 bridgehead atoms. The molecule has 0 aliphatic carbocycles. The summed E-state index contributed by atoms with van der Waals surface area (Å²) in [6.07, 6.45) is 0.733. The number of halogens is 3. The van der Waals surface area contributed by atoms with Gasteiger partial charge in [-0.05, 0) is 25.1 Å². The molecule has 92 valence electrons. The average Bonchev–Trinajstić information content (AvgIpc) is 2.78. The van der Waals surface area contributed by atoms with E-state index in [2.05, 4.69) is 10.6 Å². The number of nitrogens with one attached hydrogen (secondary N) is 2. The van der Waals surface area contributed by atoms with Gasteiger partial charge in [0.1, 0.15) is 0 Å². The van der Waals surface area contributed by atoms with Gasteiger partial charge < -0.3 is 10.6 Å². The Morgan fingerprint density at radius 2 is 2.06 bits per heavy atom. The molecule has 0 aromatic heterocycles. The van der Waals surface area contributed by atoms with Crippen LogP contribution in [0.1, 0.15) is 16.8 Å². The lowest BCUT2D eigenvalue weighted by Gasteiger charge is -2.11. The van der Waals surface area contributed by atoms with Crippen LogP contribution in [0.5, 0.6) is 0 Å². The summed E-state index contributed by atoms with van der Waals surface area (Å²) >= 11 is 0. The Kier molecular flexibility index (Phi) is 3.33. The zero-order chi connectivity index (χ0) is 12.4. The first kappa shape index (κ1) is 11.9. The van der Waals surface area contributed by atoms with Crippen molar-refractivity contribution in [2.75, 3.05) is 13.1 Å². The number of carbonyl (C=O) groups excluding carboxylic acids is 1. The number of carbonyl (C=O) groups is 1. The van der Waals surface area contributed by atoms with E-state index in [1.807, 2.05) is 0 Å². The lowest BCUT2D eigenvalue weighted by molar-refractivity contribution is 0.0934. The number of hydrogen-bond donors (Lipinski definition) is 2. The largest absolute Gasteiger partial charge is 0.348 e. The predicted molar refractivity (Wildman–Crippen MR) is 55.1 cm³/mol. The van der Waals surface area contributed by atoms with E-state index in [1.54, 1.807) is 0 Å². The van der Waals surface area contributed by atoms with Crippen molar-refractivity contribution in [3.63, 3.8) is 0 Å². The van der Waals surface area contributed by atoms with Crippen LogP contribution < -0.4 is 10.6 Å². The van der Waals surface area contributed by atoms with Crippen molar-refractivity contribution in [1.82, 2.24) is 10.6 Å². The Labute approximate surface area is 96.0 Å². The Bertz CT molecular complexity index is 445. The predicted octanol–water partition coefficient (Wildman–Crippen LogP) is 1.20. The second kappa shape index (κ2) is 4.75. The first-order valence-corrected chi connectivity index (χ1v) is 5.24. The highest BCUT2D eigenvalue weighted by atomic mass is 19.2. The molecule has 1 atom stereocenters. The smallest absolute Gasteiger partial charge is 0.254 e. The summed E-state index contributed by atoms with van der Waals surface area (Å²) in [7, 11) is 0. The molecule has 6 heteroatoms. The molecule has 2 N–H and O–H groups in total. The molecular formula is C11H11F3N2O. The van der Waals surface area contributed by atoms with Crippen LogP contribution in [-0.2, 0) is 0 Å². The van der Waals surface area contributed by atoms with Gasteiger partial charge in [0, 0.05) is 12.6 Å². The summed E-state index contributed by atoms with van der Waals surface area (Å²) in [6.45, 7) is 1.36. The molecule has 1 aliphatic rings. The standard InChI is InChI=1S/C11H11F3N2O/c12-8-2-1-7(9(13)10(8)14)11(17)16-6-3-4-15-5-6/h1-2,6,15H,3-5H2,(H,16,17)/t6-/m1/s1. The molecule has 1 aromatic rings. The molecule has 1 fully saturated rings. The summed E-state index contributed by atoms with van der Waals surface area (Å²) in [4.78, 5) is 11.6. The van der Waals surface area contributed by atoms with Crippen molar-refractivity contribution in [2.45, 2.75) is 12.5 Å². The summed E-state index contributed by atoms with van der Waals surface area (Å²) in [5.41, 5.74) is -0.476. The van der Waals surface area contributed by atoms with Gasteiger partial charge >= 0.3 is 0 Å². The van der Waals surface area contributed by atoms with Gasteiger partial charge in [0.2, 0.25) is 0 Å². The molecule has 0 radical (unpaired) electrons. The number of rotatable bonds is 2. The van der Waals surface area contributed by atoms with Crippen LogP contribution >= 0.6 is 0 Å². The molecule has 1 aliphatic heterocycles. The molecule has 0 spiro atoms. The molecule has 3 nitrogen and oxygen atoms in total. The Morgan fingerprint density at radius 1 is 1.29 bits per heavy atom. The number of hydrogen-bond acceptors (Lipinski definition) is 2. The minimum atomic E-state index is -1.62. The Hall–Kier alpha value is -1.56. The Balaban J connectivity index is 2.16. The maximum atomic E-state index is 13.3. The van der Waals surface area contributed by atoms with Crippen molar-refractivity contribution in [2.24, 2.45) is 0 Å². The van der Waals surface area contributed by atoms with E-state index in [9.17, 15) is 18.0 Å². The van der Waals surface area contributed by atoms with E-state index in [0.717, 1.165) is 25.1 Å². The lowest BCUT2D eigenvalue weighted by Crippen LogP contribution is -2.36. The monoisotopic (exact) mass is 244 g/mol. The van der Waals surface area contributed by atoms with Gasteiger partial charge in [-0.1, -0.05) is 0 Å². The van der Waals surface area contributed by atoms with Crippen LogP contribution in [0.4, 0.5) is 13.2 Å². The maximum Gasteiger partial charge on any atom is 0.254 e. The highest BCUT2D eigenvalue weighted by Gasteiger charge is 2.22. The van der Waals surface area contributed by atoms with Crippen molar-refractivity contribution in [3.05, 3.63) is 35.1 Å². The normalized spacial score (nSPS) is 19.4. The van der Waals surface area contributed by atoms with E-state index in [1.165, 1.54) is 0 Å². The molecule has 1 heterocycles. The van der Waals surface area contributed by atoms with Crippen LogP contribution in [0.25, 0.3) is 0 Å². The van der Waals surface area contributed by atoms with Crippen LogP contribution in [0.3, 0.4) is 0 Å². The van der Waals surface area contributed by atoms with Gasteiger partial charge in [0.15, 0.2) is 17.5 Å². The van der Waals surface area contributed by atoms with E-state index in [0.29, 0.717) is 6.54 Å². The molecule has 0 unspecified atom stereocenters. The van der Waals surface area contributed by atoms with Gasteiger partial charge in [0.05, 0.1) is 5.56 Å². The Morgan fingerprint density at radius 3 is 2.71 bits per heavy atom. The highest BCUT2D eigenvalue weighted by molar-refractivity contribution is 5.94. The molecule has 17 heavy (non-hydrogen) atoms. The molecule has 0 saturated carbocycles. The first-order chi connectivity index (χ1) is 8.09. The fourth-order valence-electron chi connectivity index (χ4n) is 1.74. The van der Waals surface area contributed by atoms with Gasteiger partial charge in [-0.2, -0.15) is 0 Å². The number of benzene rings is 1. The van der Waals surface area contributed by atoms with Crippen LogP contribution in [0, 0.1) is 17.5 Å². The van der Waals surface area contributed by atoms with Crippen molar-refractivity contribution in [3.8, 4) is 0 Å². The third kappa shape index (κ3) is 2.41. The summed E-state index contributed by atoms with van der Waals surface area (Å²) in [5.74, 6) is -5.10. The topological polar surface area (TPSA) is 41.1 Å². The first-order valence-electron chi connectivity index (χ1n) is 5.24. The van der Waals surface area contributed by atoms with Crippen molar-refractivity contribution in [1.29, 1.82) is 0 Å². The van der Waals surface area contributed by atoms with Crippen LogP contribution in [0.15, 0.2) is 12.1 Å². The fraction of sp³-hybridized carbons (Fsp3) is 0.364. The van der Waals surface area contributed by atoms with Gasteiger partial charge in [-0.15, -0.1) is 0 Å². The zero-order valence-corrected chi connectivity index (χ0v) is 8.90. The van der Waals surface area contributed by atoms with E-state index < -0.39 is 28.9 Å². The summed E-state index contributed by atoms with van der Waals surface area (Å²) in [6, 6.07) is 1.57. The summed E-state index contributed by atoms with van der Waals surface area (Å²) < 4.78 is 38.9. The lowest BCUT2D eigenvalue weighted by atomic mass is 10.1. The minimum Gasteiger partial charge on any atom is -0.348 e. The van der Waals surface area contributed by atoms with E-state index in [-0.39, 0.29) is 6.04 Å². The van der Waals surface area contributed by atoms with Crippen molar-refractivity contribution >= 4 is 5.91 Å². The third-order valence-corrected chi connectivity index (χ3v) is 2.68. The molecule has 1 saturated heterocycles. The summed E-state index contributed by atoms with van der Waals surface area (Å²) in [5, 5.41) is 5.57. The minimum absolute atomic E-state index is 0.102. The second-order valence-corrected chi connectivity index (χ2v) is 3.89. The van der Waals surface area contributed by atoms with Gasteiger partial charge in [-0.25, -0.2) is 13.2 Å². The fourth-order valence-corrected chi connectivity index (χ4v) is 1.74. The van der Waals surface area contributed by atoms with Crippen LogP contribution in [-0.4, -0.2) is 25.0 Å². The highest BCUT2D eigenvalue weighted by Crippen LogP contribution is 2.15. The van der Waals surface area contributed by atoms with E-state index >= 15 is 0 Å². The second-order valence-electron chi connectivity index (χ2n) is 3.89. The van der Waals surface area contributed by atoms with Crippen molar-refractivity contribution < 1.29 is 18.0 Å². The molecule has 1 aromatic carbocycles. The zero-order valence-electron chi connectivity index (χ0n) is 8.90. The van der Waals surface area contributed by atoms with E-state index in [4.69, 9.17) is 0 Å². The van der Waals surface area contributed by atoms with Gasteiger partial charge in [0.25, 0.3) is 5.91 Å². The molecule has 1 amide bonds. The SMILES string of the molecule is O=C(N[C@@H]1CCNC1)c1ccc(F)c(F)c1F. The maximum absolute atomic E-state index is 13.3. The van der Waals surface area contributed by atoms with Gasteiger partial charge in [-0.3, -0.25) is 4.79 Å². The number of amides is 1. The molecule has 2 rings (SSSR count). The third-order valence-electron chi connectivity index (χ3n) is 2.68. The quantitative estimate of drug-likeness (QED) is 0.767. The van der Waals surface area contributed by atoms with Crippen LogP contribution in [0.2, 0.25) is 0 Å².